The van der Waals surface area contributed by atoms with E-state index in [1.54, 1.807) is 36.5 Å². The van der Waals surface area contributed by atoms with Crippen LogP contribution in [0.3, 0.4) is 0 Å². The number of anilines is 1. The van der Waals surface area contributed by atoms with Crippen LogP contribution < -0.4 is 15.0 Å². The first-order valence-electron chi connectivity index (χ1n) is 19.2. The molecule has 1 atom stereocenters. The van der Waals surface area contributed by atoms with Crippen LogP contribution in [0.15, 0.2) is 48.7 Å². The number of likely N-dealkylation sites (tertiary alicyclic amines) is 1. The van der Waals surface area contributed by atoms with Gasteiger partial charge >= 0.3 is 0 Å². The maximum Gasteiger partial charge on any atom is 0.262 e. The quantitative estimate of drug-likeness (QED) is 0.286. The predicted molar refractivity (Wildman–Crippen MR) is 207 cm³/mol. The highest BCUT2D eigenvalue weighted by Gasteiger charge is 2.67. The highest BCUT2D eigenvalue weighted by atomic mass is 35.5. The molecule has 1 aliphatic carbocycles. The number of rotatable bonds is 6. The van der Waals surface area contributed by atoms with Gasteiger partial charge in [-0.2, -0.15) is 5.26 Å². The smallest absolute Gasteiger partial charge is 0.262 e. The van der Waals surface area contributed by atoms with E-state index in [2.05, 4.69) is 65.7 Å². The first kappa shape index (κ1) is 36.9. The number of pyridine rings is 1. The lowest BCUT2D eigenvalue weighted by Crippen LogP contribution is -2.74. The Morgan fingerprint density at radius 1 is 0.895 bits per heavy atom. The molecular weight excluding hydrogens is 746 g/mol. The summed E-state index contributed by atoms with van der Waals surface area (Å²) in [6, 6.07) is 13.6. The van der Waals surface area contributed by atoms with Crippen molar-refractivity contribution in [1.29, 1.82) is 5.26 Å². The molecule has 0 radical (unpaired) electrons. The normalized spacial score (nSPS) is 25.1. The third-order valence-electron chi connectivity index (χ3n) is 12.7. The van der Waals surface area contributed by atoms with Crippen molar-refractivity contribution < 1.29 is 28.7 Å². The van der Waals surface area contributed by atoms with E-state index in [1.165, 1.54) is 0 Å². The lowest BCUT2D eigenvalue weighted by atomic mass is 9.49. The van der Waals surface area contributed by atoms with Gasteiger partial charge in [-0.15, -0.1) is 0 Å². The Labute approximate surface area is 334 Å². The molecule has 5 aliphatic heterocycles. The lowest BCUT2D eigenvalue weighted by Gasteiger charge is -2.65. The van der Waals surface area contributed by atoms with Crippen LogP contribution in [0.25, 0.3) is 0 Å². The van der Waals surface area contributed by atoms with Crippen molar-refractivity contribution in [3.8, 4) is 23.7 Å². The number of benzene rings is 2. The Hall–Kier alpha value is -5.76. The number of hydrogen-bond acceptors (Lipinski definition) is 10. The largest absolute Gasteiger partial charge is 0.489 e. The summed E-state index contributed by atoms with van der Waals surface area (Å²) in [4.78, 5) is 76.1. The molecule has 2 aromatic carbocycles. The van der Waals surface area contributed by atoms with Crippen LogP contribution in [0, 0.1) is 39.9 Å². The van der Waals surface area contributed by atoms with Crippen LogP contribution in [0.5, 0.6) is 5.75 Å². The van der Waals surface area contributed by atoms with Crippen LogP contribution in [0.2, 0.25) is 5.02 Å². The van der Waals surface area contributed by atoms with Gasteiger partial charge in [0, 0.05) is 85.9 Å². The molecule has 4 fully saturated rings. The Morgan fingerprint density at radius 2 is 1.63 bits per heavy atom. The van der Waals surface area contributed by atoms with Crippen molar-refractivity contribution in [2.45, 2.75) is 71.3 Å². The van der Waals surface area contributed by atoms with E-state index in [4.69, 9.17) is 16.3 Å². The summed E-state index contributed by atoms with van der Waals surface area (Å²) in [5.74, 6) is 5.34. The second-order valence-electron chi connectivity index (χ2n) is 17.1. The van der Waals surface area contributed by atoms with Gasteiger partial charge in [-0.05, 0) is 54.3 Å². The lowest BCUT2D eigenvalue weighted by molar-refractivity contribution is -0.199. The number of hydrogen-bond donors (Lipinski definition) is 1. The fraction of sp³-hybridized carbons (Fsp3) is 0.419. The van der Waals surface area contributed by atoms with E-state index in [-0.39, 0.29) is 58.8 Å². The number of nitrogens with one attached hydrogen (secondary N) is 1. The Kier molecular flexibility index (Phi) is 8.50. The number of imide groups is 2. The van der Waals surface area contributed by atoms with Crippen LogP contribution in [0.1, 0.15) is 88.4 Å². The molecule has 6 heterocycles. The van der Waals surface area contributed by atoms with Crippen molar-refractivity contribution >= 4 is 46.8 Å². The van der Waals surface area contributed by atoms with Gasteiger partial charge in [-0.25, -0.2) is 4.98 Å². The second kappa shape index (κ2) is 13.2. The highest BCUT2D eigenvalue weighted by molar-refractivity contribution is 6.31. The van der Waals surface area contributed by atoms with Gasteiger partial charge in [-0.1, -0.05) is 45.2 Å². The Morgan fingerprint density at radius 3 is 2.33 bits per heavy atom. The molecule has 14 heteroatoms. The number of halogens is 1. The SMILES string of the molecule is CC1(C)[C@H](Oc2ccc(C#N)c(Cl)c2)C(C)(C)[C@H]1N1Cc2cc(C#CC3CN(C4CN(c5ccc6c(c5)C(=O)N(C5CCC(=O)NC5=O)C6=O)C4)C3)ncc2C1=O. The fourth-order valence-electron chi connectivity index (χ4n) is 10.1. The van der Waals surface area contributed by atoms with Crippen LogP contribution >= 0.6 is 11.6 Å². The van der Waals surface area contributed by atoms with Gasteiger partial charge in [-0.3, -0.25) is 39.1 Å². The molecule has 0 spiro atoms. The molecule has 1 unspecified atom stereocenters. The zero-order chi connectivity index (χ0) is 40.1. The van der Waals surface area contributed by atoms with E-state index < -0.39 is 29.7 Å². The molecule has 1 saturated carbocycles. The van der Waals surface area contributed by atoms with E-state index >= 15 is 0 Å². The van der Waals surface area contributed by atoms with E-state index in [9.17, 15) is 29.2 Å². The standard InChI is InChI=1S/C43H40ClN7O6/c1-42(2)40(43(3,4)41(42)57-29-9-6-24(16-45)33(44)15-29)50-20-25-13-26(46-17-32(25)37(50)54)7-5-23-18-48(19-23)28-21-49(22-28)27-8-10-30-31(14-27)39(56)51(38(30)55)34-11-12-35(52)47-36(34)53/h6,8-10,13-15,17,23,28,34,40-41H,11-12,18-22H2,1-4H3,(H,47,52,53)/t34?,40-,41-. The van der Waals surface area contributed by atoms with Crippen molar-refractivity contribution in [1.82, 2.24) is 25.0 Å². The molecule has 6 aliphatic rings. The molecular formula is C43H40ClN7O6. The molecule has 1 N–H and O–H groups in total. The topological polar surface area (TPSA) is 156 Å². The van der Waals surface area contributed by atoms with Gasteiger partial charge in [0.25, 0.3) is 17.7 Å². The summed E-state index contributed by atoms with van der Waals surface area (Å²) >= 11 is 6.28. The van der Waals surface area contributed by atoms with Gasteiger partial charge in [0.15, 0.2) is 0 Å². The molecule has 1 aromatic heterocycles. The van der Waals surface area contributed by atoms with E-state index in [1.807, 2.05) is 17.0 Å². The average molecular weight is 786 g/mol. The molecule has 5 amide bonds. The number of piperidine rings is 1. The van der Waals surface area contributed by atoms with Crippen molar-refractivity contribution in [3.63, 3.8) is 0 Å². The van der Waals surface area contributed by atoms with E-state index in [0.29, 0.717) is 40.2 Å². The predicted octanol–water partition coefficient (Wildman–Crippen LogP) is 4.02. The van der Waals surface area contributed by atoms with Crippen molar-refractivity contribution in [3.05, 3.63) is 87.2 Å². The highest BCUT2D eigenvalue weighted by Crippen LogP contribution is 2.59. The number of nitriles is 1. The minimum atomic E-state index is -0.987. The van der Waals surface area contributed by atoms with Crippen LogP contribution in [-0.4, -0.2) is 99.6 Å². The molecule has 0 bridgehead atoms. The number of ether oxygens (including phenoxy) is 1. The van der Waals surface area contributed by atoms with Crippen LogP contribution in [0.4, 0.5) is 5.69 Å². The Balaban J connectivity index is 0.783. The first-order valence-corrected chi connectivity index (χ1v) is 19.6. The maximum absolute atomic E-state index is 13.7. The zero-order valence-corrected chi connectivity index (χ0v) is 32.7. The number of carbonyl (C=O) groups is 5. The van der Waals surface area contributed by atoms with Gasteiger partial charge in [0.2, 0.25) is 11.8 Å². The van der Waals surface area contributed by atoms with Gasteiger partial charge < -0.3 is 14.5 Å². The number of amides is 5. The summed E-state index contributed by atoms with van der Waals surface area (Å²) < 4.78 is 6.45. The van der Waals surface area contributed by atoms with Gasteiger partial charge in [0.1, 0.15) is 29.7 Å². The maximum atomic E-state index is 13.7. The molecule has 3 aromatic rings. The minimum absolute atomic E-state index is 0.0404. The number of fused-ring (bicyclic) bond motifs is 2. The summed E-state index contributed by atoms with van der Waals surface area (Å²) in [6.45, 7) is 12.2. The molecule has 9 rings (SSSR count). The Bertz CT molecular complexity index is 2400. The fourth-order valence-corrected chi connectivity index (χ4v) is 10.4. The zero-order valence-electron chi connectivity index (χ0n) is 32.0. The number of carbonyl (C=O) groups excluding carboxylic acids is 5. The third kappa shape index (κ3) is 5.86. The monoisotopic (exact) mass is 785 g/mol. The van der Waals surface area contributed by atoms with E-state index in [0.717, 1.165) is 42.3 Å². The van der Waals surface area contributed by atoms with Gasteiger partial charge in [0.05, 0.1) is 27.3 Å². The molecule has 3 saturated heterocycles. The first-order chi connectivity index (χ1) is 27.1. The second-order valence-corrected chi connectivity index (χ2v) is 17.5. The van der Waals surface area contributed by atoms with Crippen LogP contribution in [-0.2, 0) is 16.1 Å². The minimum Gasteiger partial charge on any atom is -0.489 e. The summed E-state index contributed by atoms with van der Waals surface area (Å²) in [6.07, 6.45) is 1.66. The molecule has 57 heavy (non-hydrogen) atoms. The summed E-state index contributed by atoms with van der Waals surface area (Å²) in [5, 5.41) is 11.8. The third-order valence-corrected chi connectivity index (χ3v) is 13.0. The summed E-state index contributed by atoms with van der Waals surface area (Å²) in [5.41, 5.74) is 3.22. The summed E-state index contributed by atoms with van der Waals surface area (Å²) in [7, 11) is 0. The molecule has 13 nitrogen and oxygen atoms in total. The van der Waals surface area contributed by atoms with Crippen molar-refractivity contribution in [2.75, 3.05) is 31.1 Å². The van der Waals surface area contributed by atoms with Crippen molar-refractivity contribution in [2.24, 2.45) is 16.7 Å². The molecule has 290 valence electrons. The average Bonchev–Trinajstić information content (AvgIpc) is 3.57. The number of aromatic nitrogens is 1. The number of nitrogens with zero attached hydrogens (tertiary/aromatic N) is 6.